The summed E-state index contributed by atoms with van der Waals surface area (Å²) in [6.45, 7) is 8.83. The first-order valence-electron chi connectivity index (χ1n) is 4.92. The number of ether oxygens (including phenoxy) is 2. The summed E-state index contributed by atoms with van der Waals surface area (Å²) in [5, 5.41) is 0. The lowest BCUT2D eigenvalue weighted by Gasteiger charge is -2.37. The molecule has 0 unspecified atom stereocenters. The lowest BCUT2D eigenvalue weighted by Crippen LogP contribution is -2.47. The molecule has 4 heteroatoms. The van der Waals surface area contributed by atoms with E-state index in [2.05, 4.69) is 6.58 Å². The van der Waals surface area contributed by atoms with Gasteiger partial charge in [0.05, 0.1) is 12.5 Å². The molecule has 0 amide bonds. The largest absolute Gasteiger partial charge is 0.465 e. The van der Waals surface area contributed by atoms with Gasteiger partial charge in [0, 0.05) is 12.0 Å². The minimum absolute atomic E-state index is 0.295. The smallest absolute Gasteiger partial charge is 0.333 e. The van der Waals surface area contributed by atoms with Crippen molar-refractivity contribution < 1.29 is 19.1 Å². The second-order valence-corrected chi connectivity index (χ2v) is 4.12. The van der Waals surface area contributed by atoms with Crippen molar-refractivity contribution in [3.8, 4) is 0 Å². The van der Waals surface area contributed by atoms with Crippen LogP contribution in [0.15, 0.2) is 12.2 Å². The van der Waals surface area contributed by atoms with Crippen molar-refractivity contribution >= 4 is 11.9 Å². The van der Waals surface area contributed by atoms with E-state index in [-0.39, 0.29) is 5.97 Å². The fourth-order valence-corrected chi connectivity index (χ4v) is 1.38. The molecular weight excluding hydrogens is 196 g/mol. The SMILES string of the molecule is C=C(C)C(=O)O[C@@]1(C)CCOC(=O)[C@@H]1C. The summed E-state index contributed by atoms with van der Waals surface area (Å²) in [7, 11) is 0. The topological polar surface area (TPSA) is 52.6 Å². The molecule has 0 saturated carbocycles. The van der Waals surface area contributed by atoms with E-state index in [1.165, 1.54) is 0 Å². The molecule has 0 spiro atoms. The summed E-state index contributed by atoms with van der Waals surface area (Å²) >= 11 is 0. The molecule has 0 aromatic carbocycles. The zero-order valence-corrected chi connectivity index (χ0v) is 9.33. The molecule has 1 rings (SSSR count). The highest BCUT2D eigenvalue weighted by Gasteiger charge is 2.43. The van der Waals surface area contributed by atoms with Crippen molar-refractivity contribution in [3.63, 3.8) is 0 Å². The Morgan fingerprint density at radius 2 is 2.27 bits per heavy atom. The molecule has 1 heterocycles. The highest BCUT2D eigenvalue weighted by Crippen LogP contribution is 2.31. The molecule has 1 aliphatic rings. The van der Waals surface area contributed by atoms with Gasteiger partial charge in [-0.05, 0) is 20.8 Å². The summed E-state index contributed by atoms with van der Waals surface area (Å²) in [4.78, 5) is 22.7. The summed E-state index contributed by atoms with van der Waals surface area (Å²) in [6.07, 6.45) is 0.527. The molecule has 0 aliphatic carbocycles. The fraction of sp³-hybridized carbons (Fsp3) is 0.636. The van der Waals surface area contributed by atoms with Gasteiger partial charge in [0.15, 0.2) is 0 Å². The van der Waals surface area contributed by atoms with E-state index in [1.807, 2.05) is 0 Å². The molecule has 1 aliphatic heterocycles. The molecule has 0 N–H and O–H groups in total. The fourth-order valence-electron chi connectivity index (χ4n) is 1.38. The molecule has 15 heavy (non-hydrogen) atoms. The van der Waals surface area contributed by atoms with Gasteiger partial charge in [-0.1, -0.05) is 6.58 Å². The van der Waals surface area contributed by atoms with E-state index in [0.717, 1.165) is 0 Å². The number of rotatable bonds is 2. The number of carbonyl (C=O) groups is 2. The van der Waals surface area contributed by atoms with Crippen molar-refractivity contribution in [2.45, 2.75) is 32.8 Å². The Morgan fingerprint density at radius 3 is 2.80 bits per heavy atom. The minimum Gasteiger partial charge on any atom is -0.465 e. The standard InChI is InChI=1S/C11H16O4/c1-7(2)9(12)15-11(4)5-6-14-10(13)8(11)3/h8H,1,5-6H2,2-4H3/t8-,11-/m0/s1. The first kappa shape index (κ1) is 11.8. The number of carbonyl (C=O) groups excluding carboxylic acids is 2. The molecule has 84 valence electrons. The van der Waals surface area contributed by atoms with Gasteiger partial charge in [0.25, 0.3) is 0 Å². The molecule has 0 aromatic heterocycles. The average molecular weight is 212 g/mol. The quantitative estimate of drug-likeness (QED) is 0.513. The summed E-state index contributed by atoms with van der Waals surface area (Å²) in [6, 6.07) is 0. The van der Waals surface area contributed by atoms with Gasteiger partial charge in [0.1, 0.15) is 5.60 Å². The maximum atomic E-state index is 11.4. The monoisotopic (exact) mass is 212 g/mol. The normalized spacial score (nSPS) is 30.6. The van der Waals surface area contributed by atoms with E-state index in [4.69, 9.17) is 9.47 Å². The van der Waals surface area contributed by atoms with Crippen molar-refractivity contribution in [2.24, 2.45) is 5.92 Å². The van der Waals surface area contributed by atoms with Crippen molar-refractivity contribution in [1.82, 2.24) is 0 Å². The summed E-state index contributed by atoms with van der Waals surface area (Å²) in [5.74, 6) is -1.22. The van der Waals surface area contributed by atoms with Crippen LogP contribution in [0.1, 0.15) is 27.2 Å². The van der Waals surface area contributed by atoms with E-state index in [9.17, 15) is 9.59 Å². The van der Waals surface area contributed by atoms with Crippen LogP contribution >= 0.6 is 0 Å². The molecule has 0 bridgehead atoms. The van der Waals surface area contributed by atoms with Crippen molar-refractivity contribution in [3.05, 3.63) is 12.2 Å². The van der Waals surface area contributed by atoms with Crippen LogP contribution < -0.4 is 0 Å². The number of hydrogen-bond acceptors (Lipinski definition) is 4. The first-order valence-corrected chi connectivity index (χ1v) is 4.92. The molecule has 2 atom stereocenters. The zero-order chi connectivity index (χ0) is 11.6. The van der Waals surface area contributed by atoms with Crippen LogP contribution in [0, 0.1) is 5.92 Å². The molecule has 0 aromatic rings. The third kappa shape index (κ3) is 2.37. The van der Waals surface area contributed by atoms with Gasteiger partial charge < -0.3 is 9.47 Å². The van der Waals surface area contributed by atoms with Gasteiger partial charge in [-0.25, -0.2) is 4.79 Å². The Hall–Kier alpha value is -1.32. The molecule has 0 radical (unpaired) electrons. The molecule has 4 nitrogen and oxygen atoms in total. The van der Waals surface area contributed by atoms with Crippen LogP contribution in [0.4, 0.5) is 0 Å². The van der Waals surface area contributed by atoms with Crippen molar-refractivity contribution in [1.29, 1.82) is 0 Å². The van der Waals surface area contributed by atoms with E-state index in [0.29, 0.717) is 18.6 Å². The zero-order valence-electron chi connectivity index (χ0n) is 9.33. The van der Waals surface area contributed by atoms with E-state index < -0.39 is 17.5 Å². The Balaban J connectivity index is 2.76. The highest BCUT2D eigenvalue weighted by molar-refractivity contribution is 5.87. The lowest BCUT2D eigenvalue weighted by molar-refractivity contribution is -0.183. The van der Waals surface area contributed by atoms with Crippen LogP contribution in [0.3, 0.4) is 0 Å². The predicted octanol–water partition coefficient (Wildman–Crippen LogP) is 1.45. The van der Waals surface area contributed by atoms with Gasteiger partial charge in [-0.15, -0.1) is 0 Å². The van der Waals surface area contributed by atoms with Gasteiger partial charge in [-0.2, -0.15) is 0 Å². The number of hydrogen-bond donors (Lipinski definition) is 0. The lowest BCUT2D eigenvalue weighted by atomic mass is 9.86. The first-order chi connectivity index (χ1) is 6.87. The molecule has 1 fully saturated rings. The van der Waals surface area contributed by atoms with Gasteiger partial charge in [-0.3, -0.25) is 4.79 Å². The third-order valence-electron chi connectivity index (χ3n) is 2.79. The summed E-state index contributed by atoms with van der Waals surface area (Å²) in [5.41, 5.74) is -0.437. The Morgan fingerprint density at radius 1 is 1.67 bits per heavy atom. The molecular formula is C11H16O4. The van der Waals surface area contributed by atoms with Crippen LogP contribution in [-0.2, 0) is 19.1 Å². The third-order valence-corrected chi connectivity index (χ3v) is 2.79. The minimum atomic E-state index is -0.772. The average Bonchev–Trinajstić information content (AvgIpc) is 2.14. The Kier molecular flexibility index (Phi) is 3.17. The number of esters is 2. The molecule has 1 saturated heterocycles. The maximum absolute atomic E-state index is 11.4. The van der Waals surface area contributed by atoms with Crippen LogP contribution in [0.2, 0.25) is 0 Å². The summed E-state index contributed by atoms with van der Waals surface area (Å²) < 4.78 is 10.2. The second kappa shape index (κ2) is 4.04. The maximum Gasteiger partial charge on any atom is 0.333 e. The van der Waals surface area contributed by atoms with Crippen LogP contribution in [0.25, 0.3) is 0 Å². The van der Waals surface area contributed by atoms with E-state index >= 15 is 0 Å². The van der Waals surface area contributed by atoms with Crippen LogP contribution in [-0.4, -0.2) is 24.1 Å². The van der Waals surface area contributed by atoms with Crippen LogP contribution in [0.5, 0.6) is 0 Å². The van der Waals surface area contributed by atoms with E-state index in [1.54, 1.807) is 20.8 Å². The van der Waals surface area contributed by atoms with Gasteiger partial charge >= 0.3 is 11.9 Å². The second-order valence-electron chi connectivity index (χ2n) is 4.12. The Bertz CT molecular complexity index is 308. The van der Waals surface area contributed by atoms with Crippen molar-refractivity contribution in [2.75, 3.05) is 6.61 Å². The Labute approximate surface area is 89.2 Å². The highest BCUT2D eigenvalue weighted by atomic mass is 16.6. The predicted molar refractivity (Wildman–Crippen MR) is 54.1 cm³/mol. The van der Waals surface area contributed by atoms with Gasteiger partial charge in [0.2, 0.25) is 0 Å². The number of cyclic esters (lactones) is 1.